The molecule has 5 heteroatoms. The number of nitrogens with zero attached hydrogens (tertiary/aromatic N) is 3. The van der Waals surface area contributed by atoms with Crippen LogP contribution in [-0.4, -0.2) is 28.2 Å². The van der Waals surface area contributed by atoms with Crippen LogP contribution in [0.5, 0.6) is 0 Å². The lowest BCUT2D eigenvalue weighted by molar-refractivity contribution is -0.116. The molecule has 0 unspecified atom stereocenters. The summed E-state index contributed by atoms with van der Waals surface area (Å²) in [5.41, 5.74) is 0. The predicted molar refractivity (Wildman–Crippen MR) is 65.0 cm³/mol. The Kier molecular flexibility index (Phi) is 3.88. The molecule has 1 aromatic heterocycles. The molecule has 0 spiro atoms. The van der Waals surface area contributed by atoms with Gasteiger partial charge in [-0.05, 0) is 19.8 Å². The van der Waals surface area contributed by atoms with Crippen LogP contribution in [0.25, 0.3) is 0 Å². The van der Waals surface area contributed by atoms with E-state index in [1.54, 1.807) is 6.92 Å². The highest BCUT2D eigenvalue weighted by atomic mass is 32.1. The normalized spacial score (nSPS) is 17.2. The first-order chi connectivity index (χ1) is 7.75. The number of carbonyl (C=O) groups excluding carboxylic acids is 1. The third-order valence-corrected chi connectivity index (χ3v) is 3.56. The smallest absolute Gasteiger partial charge is 0.205 e. The van der Waals surface area contributed by atoms with E-state index >= 15 is 0 Å². The van der Waals surface area contributed by atoms with Crippen molar-refractivity contribution in [3.05, 3.63) is 5.82 Å². The molecule has 1 aromatic rings. The molecule has 0 bridgehead atoms. The van der Waals surface area contributed by atoms with E-state index in [4.69, 9.17) is 0 Å². The first kappa shape index (κ1) is 11.5. The van der Waals surface area contributed by atoms with Crippen LogP contribution in [-0.2, 0) is 11.2 Å². The number of Topliss-reactive ketones (excluding diaryl/α,β-unsaturated/α-hetero) is 1. The summed E-state index contributed by atoms with van der Waals surface area (Å²) in [6.45, 7) is 3.73. The fourth-order valence-electron chi connectivity index (χ4n) is 1.93. The van der Waals surface area contributed by atoms with Gasteiger partial charge in [0.15, 0.2) is 5.82 Å². The van der Waals surface area contributed by atoms with E-state index in [0.29, 0.717) is 12.2 Å². The average molecular weight is 239 g/mol. The Bertz CT molecular complexity index is 356. The Morgan fingerprint density at radius 1 is 1.31 bits per heavy atom. The number of hydrogen-bond acceptors (Lipinski definition) is 5. The molecule has 1 aliphatic heterocycles. The molecule has 1 aliphatic rings. The molecule has 0 amide bonds. The van der Waals surface area contributed by atoms with Crippen molar-refractivity contribution < 1.29 is 4.79 Å². The summed E-state index contributed by atoms with van der Waals surface area (Å²) < 4.78 is 4.23. The van der Waals surface area contributed by atoms with Gasteiger partial charge in [-0.25, -0.2) is 4.98 Å². The van der Waals surface area contributed by atoms with E-state index in [1.807, 2.05) is 0 Å². The molecule has 0 N–H and O–H groups in total. The summed E-state index contributed by atoms with van der Waals surface area (Å²) in [5.74, 6) is 0.803. The van der Waals surface area contributed by atoms with Gasteiger partial charge in [0.1, 0.15) is 5.78 Å². The summed E-state index contributed by atoms with van der Waals surface area (Å²) in [4.78, 5) is 17.7. The van der Waals surface area contributed by atoms with Crippen molar-refractivity contribution in [2.24, 2.45) is 0 Å². The Hall–Kier alpha value is -0.970. The minimum Gasteiger partial charge on any atom is -0.347 e. The lowest BCUT2D eigenvalue weighted by Gasteiger charge is -2.17. The van der Waals surface area contributed by atoms with Gasteiger partial charge in [-0.1, -0.05) is 12.8 Å². The van der Waals surface area contributed by atoms with Crippen molar-refractivity contribution in [1.29, 1.82) is 0 Å². The number of aromatic nitrogens is 2. The Morgan fingerprint density at radius 2 is 2.00 bits per heavy atom. The molecule has 88 valence electrons. The number of rotatable bonds is 3. The zero-order chi connectivity index (χ0) is 11.4. The number of anilines is 1. The second-order valence-corrected chi connectivity index (χ2v) is 5.00. The highest BCUT2D eigenvalue weighted by molar-refractivity contribution is 7.09. The van der Waals surface area contributed by atoms with Crippen molar-refractivity contribution in [3.63, 3.8) is 0 Å². The minimum absolute atomic E-state index is 0.125. The van der Waals surface area contributed by atoms with Gasteiger partial charge in [0.05, 0.1) is 6.42 Å². The summed E-state index contributed by atoms with van der Waals surface area (Å²) in [6, 6.07) is 0. The maximum absolute atomic E-state index is 11.0. The zero-order valence-electron chi connectivity index (χ0n) is 9.61. The Labute approximate surface area is 99.9 Å². The molecule has 2 rings (SSSR count). The van der Waals surface area contributed by atoms with Crippen LogP contribution in [0.3, 0.4) is 0 Å². The molecular weight excluding hydrogens is 222 g/mol. The van der Waals surface area contributed by atoms with Crippen molar-refractivity contribution in [3.8, 4) is 0 Å². The summed E-state index contributed by atoms with van der Waals surface area (Å²) in [6.07, 6.45) is 5.47. The maximum atomic E-state index is 11.0. The van der Waals surface area contributed by atoms with Gasteiger partial charge in [-0.2, -0.15) is 4.37 Å². The highest BCUT2D eigenvalue weighted by Crippen LogP contribution is 2.21. The fraction of sp³-hybridized carbons (Fsp3) is 0.727. The van der Waals surface area contributed by atoms with Crippen LogP contribution < -0.4 is 4.90 Å². The molecule has 0 aliphatic carbocycles. The second-order valence-electron chi connectivity index (χ2n) is 4.27. The number of ketones is 1. The van der Waals surface area contributed by atoms with E-state index in [1.165, 1.54) is 37.2 Å². The van der Waals surface area contributed by atoms with Gasteiger partial charge in [-0.15, -0.1) is 0 Å². The molecule has 0 atom stereocenters. The molecule has 1 fully saturated rings. The largest absolute Gasteiger partial charge is 0.347 e. The van der Waals surface area contributed by atoms with Crippen molar-refractivity contribution in [1.82, 2.24) is 9.36 Å². The Morgan fingerprint density at radius 3 is 2.62 bits per heavy atom. The number of carbonyl (C=O) groups is 1. The van der Waals surface area contributed by atoms with Crippen LogP contribution in [0.2, 0.25) is 0 Å². The van der Waals surface area contributed by atoms with Gasteiger partial charge in [0.2, 0.25) is 5.13 Å². The SMILES string of the molecule is CC(=O)Cc1nsc(N2CCCCCC2)n1. The first-order valence-electron chi connectivity index (χ1n) is 5.82. The van der Waals surface area contributed by atoms with E-state index in [2.05, 4.69) is 14.3 Å². The summed E-state index contributed by atoms with van der Waals surface area (Å²) in [7, 11) is 0. The van der Waals surface area contributed by atoms with Gasteiger partial charge < -0.3 is 4.90 Å². The van der Waals surface area contributed by atoms with Crippen LogP contribution in [0.1, 0.15) is 38.4 Å². The molecule has 16 heavy (non-hydrogen) atoms. The molecule has 4 nitrogen and oxygen atoms in total. The molecule has 0 aromatic carbocycles. The quantitative estimate of drug-likeness (QED) is 0.810. The molecular formula is C11H17N3OS. The van der Waals surface area contributed by atoms with Crippen LogP contribution >= 0.6 is 11.5 Å². The molecule has 0 radical (unpaired) electrons. The lowest BCUT2D eigenvalue weighted by Crippen LogP contribution is -2.23. The van der Waals surface area contributed by atoms with Crippen molar-refractivity contribution in [2.75, 3.05) is 18.0 Å². The fourth-order valence-corrected chi connectivity index (χ4v) is 2.67. The summed E-state index contributed by atoms with van der Waals surface area (Å²) >= 11 is 1.42. The average Bonchev–Trinajstić information content (AvgIpc) is 2.53. The first-order valence-corrected chi connectivity index (χ1v) is 6.60. The van der Waals surface area contributed by atoms with E-state index in [9.17, 15) is 4.79 Å². The highest BCUT2D eigenvalue weighted by Gasteiger charge is 2.14. The summed E-state index contributed by atoms with van der Waals surface area (Å²) in [5, 5.41) is 0.984. The van der Waals surface area contributed by atoms with Crippen LogP contribution in [0.15, 0.2) is 0 Å². The van der Waals surface area contributed by atoms with Crippen LogP contribution in [0.4, 0.5) is 5.13 Å². The zero-order valence-corrected chi connectivity index (χ0v) is 10.4. The monoisotopic (exact) mass is 239 g/mol. The predicted octanol–water partition coefficient (Wildman–Crippen LogP) is 2.05. The Balaban J connectivity index is 2.02. The lowest BCUT2D eigenvalue weighted by atomic mass is 10.2. The maximum Gasteiger partial charge on any atom is 0.205 e. The van der Waals surface area contributed by atoms with Gasteiger partial charge in [0, 0.05) is 24.6 Å². The van der Waals surface area contributed by atoms with E-state index in [-0.39, 0.29) is 5.78 Å². The number of hydrogen-bond donors (Lipinski definition) is 0. The second kappa shape index (κ2) is 5.39. The molecule has 1 saturated heterocycles. The van der Waals surface area contributed by atoms with Gasteiger partial charge >= 0.3 is 0 Å². The van der Waals surface area contributed by atoms with E-state index in [0.717, 1.165) is 18.2 Å². The third-order valence-electron chi connectivity index (χ3n) is 2.74. The van der Waals surface area contributed by atoms with Crippen LogP contribution in [0, 0.1) is 0 Å². The van der Waals surface area contributed by atoms with E-state index < -0.39 is 0 Å². The van der Waals surface area contributed by atoms with Gasteiger partial charge in [0.25, 0.3) is 0 Å². The molecule has 0 saturated carbocycles. The standard InChI is InChI=1S/C11H17N3OS/c1-9(15)8-10-12-11(16-13-10)14-6-4-2-3-5-7-14/h2-8H2,1H3. The van der Waals surface area contributed by atoms with Crippen molar-refractivity contribution >= 4 is 22.4 Å². The molecule has 2 heterocycles. The topological polar surface area (TPSA) is 46.1 Å². The van der Waals surface area contributed by atoms with Gasteiger partial charge in [-0.3, -0.25) is 4.79 Å². The minimum atomic E-state index is 0.125. The van der Waals surface area contributed by atoms with Crippen molar-refractivity contribution in [2.45, 2.75) is 39.0 Å². The third kappa shape index (κ3) is 3.01.